The van der Waals surface area contributed by atoms with Gasteiger partial charge in [0.2, 0.25) is 0 Å². The van der Waals surface area contributed by atoms with Gasteiger partial charge in [0.05, 0.1) is 0 Å². The molecule has 0 saturated heterocycles. The van der Waals surface area contributed by atoms with Crippen LogP contribution in [0.3, 0.4) is 0 Å². The van der Waals surface area contributed by atoms with E-state index in [4.69, 9.17) is 5.73 Å². The van der Waals surface area contributed by atoms with E-state index in [2.05, 4.69) is 0 Å². The van der Waals surface area contributed by atoms with Crippen LogP contribution in [0.2, 0.25) is 0 Å². The van der Waals surface area contributed by atoms with Gasteiger partial charge >= 0.3 is 0 Å². The first-order valence-electron chi connectivity index (χ1n) is 3.63. The Labute approximate surface area is 76.2 Å². The molecule has 1 aromatic rings. The predicted octanol–water partition coefficient (Wildman–Crippen LogP) is 1.70. The molecule has 0 radical (unpaired) electrons. The minimum atomic E-state index is 0.167. The first kappa shape index (κ1) is 9.13. The monoisotopic (exact) mass is 181 g/mol. The van der Waals surface area contributed by atoms with Crippen molar-refractivity contribution in [3.8, 4) is 0 Å². The van der Waals surface area contributed by atoms with Crippen molar-refractivity contribution in [3.05, 3.63) is 29.8 Å². The molecule has 0 unspecified atom stereocenters. The number of nitrogens with two attached hydrogens (primary N) is 1. The lowest BCUT2D eigenvalue weighted by molar-refractivity contribution is -0.110. The van der Waals surface area contributed by atoms with Crippen LogP contribution in [-0.2, 0) is 11.2 Å². The van der Waals surface area contributed by atoms with Crippen molar-refractivity contribution >= 4 is 22.6 Å². The molecule has 1 aromatic carbocycles. The lowest BCUT2D eigenvalue weighted by atomic mass is 10.1. The molecule has 0 bridgehead atoms. The summed E-state index contributed by atoms with van der Waals surface area (Å²) in [5.74, 6) is 0. The fourth-order valence-electron chi connectivity index (χ4n) is 0.942. The van der Waals surface area contributed by atoms with Crippen LogP contribution in [0.1, 0.15) is 5.56 Å². The van der Waals surface area contributed by atoms with E-state index in [9.17, 15) is 4.79 Å². The lowest BCUT2D eigenvalue weighted by Gasteiger charge is -1.99. The summed E-state index contributed by atoms with van der Waals surface area (Å²) < 4.78 is 0. The Kier molecular flexibility index (Phi) is 3.17. The molecule has 0 aromatic heterocycles. The fourth-order valence-corrected chi connectivity index (χ4v) is 1.25. The predicted molar refractivity (Wildman–Crippen MR) is 53.1 cm³/mol. The molecule has 0 aliphatic rings. The third-order valence-corrected chi connectivity index (χ3v) is 2.13. The standard InChI is InChI=1S/C9H11NOS/c1-12-9(11)6-7-3-2-4-8(10)5-7/h2-5H,6,10H2,1H3. The van der Waals surface area contributed by atoms with E-state index >= 15 is 0 Å². The van der Waals surface area contributed by atoms with Gasteiger partial charge in [-0.15, -0.1) is 0 Å². The van der Waals surface area contributed by atoms with Crippen LogP contribution in [0, 0.1) is 0 Å². The van der Waals surface area contributed by atoms with Gasteiger partial charge in [0.1, 0.15) is 0 Å². The summed E-state index contributed by atoms with van der Waals surface area (Å²) in [6.45, 7) is 0. The zero-order valence-corrected chi connectivity index (χ0v) is 7.73. The van der Waals surface area contributed by atoms with Crippen molar-refractivity contribution in [1.29, 1.82) is 0 Å². The molecule has 0 fully saturated rings. The lowest BCUT2D eigenvalue weighted by Crippen LogP contribution is -1.97. The Bertz CT molecular complexity index is 286. The average molecular weight is 181 g/mol. The van der Waals surface area contributed by atoms with E-state index in [1.54, 1.807) is 6.26 Å². The van der Waals surface area contributed by atoms with Crippen LogP contribution < -0.4 is 5.73 Å². The third-order valence-electron chi connectivity index (χ3n) is 1.53. The molecule has 3 heteroatoms. The minimum absolute atomic E-state index is 0.167. The molecule has 0 heterocycles. The van der Waals surface area contributed by atoms with Crippen LogP contribution in [0.5, 0.6) is 0 Å². The quantitative estimate of drug-likeness (QED) is 0.706. The molecule has 64 valence electrons. The summed E-state index contributed by atoms with van der Waals surface area (Å²) in [5.41, 5.74) is 7.25. The molecule has 0 amide bonds. The van der Waals surface area contributed by atoms with Crippen molar-refractivity contribution in [2.45, 2.75) is 6.42 Å². The van der Waals surface area contributed by atoms with E-state index in [0.717, 1.165) is 5.56 Å². The fraction of sp³-hybridized carbons (Fsp3) is 0.222. The number of hydrogen-bond donors (Lipinski definition) is 1. The number of rotatable bonds is 2. The van der Waals surface area contributed by atoms with Gasteiger partial charge in [-0.25, -0.2) is 0 Å². The Morgan fingerprint density at radius 1 is 1.58 bits per heavy atom. The summed E-state index contributed by atoms with van der Waals surface area (Å²) in [5, 5.41) is 0.167. The van der Waals surface area contributed by atoms with Crippen LogP contribution >= 0.6 is 11.8 Å². The summed E-state index contributed by atoms with van der Waals surface area (Å²) >= 11 is 1.25. The highest BCUT2D eigenvalue weighted by molar-refractivity contribution is 8.13. The van der Waals surface area contributed by atoms with Crippen molar-refractivity contribution in [1.82, 2.24) is 0 Å². The molecular formula is C9H11NOS. The Hall–Kier alpha value is -0.960. The van der Waals surface area contributed by atoms with E-state index in [1.807, 2.05) is 24.3 Å². The van der Waals surface area contributed by atoms with Gasteiger partial charge in [0.15, 0.2) is 5.12 Å². The zero-order chi connectivity index (χ0) is 8.97. The van der Waals surface area contributed by atoms with Gasteiger partial charge < -0.3 is 5.73 Å². The molecule has 0 aliphatic heterocycles. The second-order valence-electron chi connectivity index (χ2n) is 2.50. The largest absolute Gasteiger partial charge is 0.399 e. The first-order valence-corrected chi connectivity index (χ1v) is 4.86. The van der Waals surface area contributed by atoms with Crippen molar-refractivity contribution in [2.24, 2.45) is 0 Å². The van der Waals surface area contributed by atoms with Gasteiger partial charge in [-0.05, 0) is 24.0 Å². The molecule has 1 rings (SSSR count). The number of carbonyl (C=O) groups is 1. The normalized spacial score (nSPS) is 9.75. The Morgan fingerprint density at radius 3 is 2.92 bits per heavy atom. The Morgan fingerprint density at radius 2 is 2.33 bits per heavy atom. The molecule has 0 spiro atoms. The summed E-state index contributed by atoms with van der Waals surface area (Å²) in [6, 6.07) is 7.41. The molecule has 0 saturated carbocycles. The highest BCUT2D eigenvalue weighted by atomic mass is 32.2. The van der Waals surface area contributed by atoms with Crippen LogP contribution in [-0.4, -0.2) is 11.4 Å². The number of thioether (sulfide) groups is 1. The molecule has 0 atom stereocenters. The van der Waals surface area contributed by atoms with E-state index in [-0.39, 0.29) is 5.12 Å². The van der Waals surface area contributed by atoms with Gasteiger partial charge in [0.25, 0.3) is 0 Å². The number of benzene rings is 1. The number of nitrogen functional groups attached to an aromatic ring is 1. The van der Waals surface area contributed by atoms with Crippen LogP contribution in [0.4, 0.5) is 5.69 Å². The summed E-state index contributed by atoms with van der Waals surface area (Å²) in [4.78, 5) is 11.0. The average Bonchev–Trinajstić information content (AvgIpc) is 2.04. The molecule has 0 aliphatic carbocycles. The van der Waals surface area contributed by atoms with Crippen molar-refractivity contribution in [3.63, 3.8) is 0 Å². The summed E-state index contributed by atoms with van der Waals surface area (Å²) in [7, 11) is 0. The highest BCUT2D eigenvalue weighted by Gasteiger charge is 2.00. The molecular weight excluding hydrogens is 170 g/mol. The van der Waals surface area contributed by atoms with Gasteiger partial charge in [-0.2, -0.15) is 0 Å². The first-order chi connectivity index (χ1) is 5.72. The second kappa shape index (κ2) is 4.16. The number of carbonyl (C=O) groups excluding carboxylic acids is 1. The maximum Gasteiger partial charge on any atom is 0.193 e. The van der Waals surface area contributed by atoms with Gasteiger partial charge in [-0.3, -0.25) is 4.79 Å². The van der Waals surface area contributed by atoms with E-state index in [1.165, 1.54) is 11.8 Å². The third kappa shape index (κ3) is 2.58. The molecule has 2 nitrogen and oxygen atoms in total. The maximum atomic E-state index is 11.0. The maximum absolute atomic E-state index is 11.0. The SMILES string of the molecule is CSC(=O)Cc1cccc(N)c1. The molecule has 12 heavy (non-hydrogen) atoms. The number of hydrogen-bond acceptors (Lipinski definition) is 3. The topological polar surface area (TPSA) is 43.1 Å². The highest BCUT2D eigenvalue weighted by Crippen LogP contribution is 2.10. The van der Waals surface area contributed by atoms with E-state index < -0.39 is 0 Å². The van der Waals surface area contributed by atoms with Crippen LogP contribution in [0.25, 0.3) is 0 Å². The zero-order valence-electron chi connectivity index (χ0n) is 6.91. The Balaban J connectivity index is 2.69. The smallest absolute Gasteiger partial charge is 0.193 e. The molecule has 2 N–H and O–H groups in total. The minimum Gasteiger partial charge on any atom is -0.399 e. The van der Waals surface area contributed by atoms with Crippen molar-refractivity contribution in [2.75, 3.05) is 12.0 Å². The van der Waals surface area contributed by atoms with Gasteiger partial charge in [0, 0.05) is 12.1 Å². The second-order valence-corrected chi connectivity index (χ2v) is 3.36. The number of anilines is 1. The summed E-state index contributed by atoms with van der Waals surface area (Å²) in [6.07, 6.45) is 2.25. The van der Waals surface area contributed by atoms with E-state index in [0.29, 0.717) is 12.1 Å². The van der Waals surface area contributed by atoms with Gasteiger partial charge in [-0.1, -0.05) is 23.9 Å². The van der Waals surface area contributed by atoms with Crippen LogP contribution in [0.15, 0.2) is 24.3 Å². The van der Waals surface area contributed by atoms with Crippen molar-refractivity contribution < 1.29 is 4.79 Å².